The number of anilines is 1. The SMILES string of the molecule is Cn1cnc(S(=O)(=O)N2CCC(Nc3ncc(C(F)(F)F)c(-c4ncc(C(O)C(F)(F)F)s4)n3)CC2)c1. The summed E-state index contributed by atoms with van der Waals surface area (Å²) in [4.78, 5) is 14.3. The molecule has 0 saturated carbocycles. The van der Waals surface area contributed by atoms with Gasteiger partial charge in [-0.1, -0.05) is 0 Å². The van der Waals surface area contributed by atoms with Crippen LogP contribution < -0.4 is 5.32 Å². The van der Waals surface area contributed by atoms with Gasteiger partial charge in [0.25, 0.3) is 10.0 Å². The predicted molar refractivity (Wildman–Crippen MR) is 118 cm³/mol. The minimum Gasteiger partial charge on any atom is -0.379 e. The van der Waals surface area contributed by atoms with Gasteiger partial charge in [0.1, 0.15) is 16.3 Å². The van der Waals surface area contributed by atoms with Crippen molar-refractivity contribution in [3.8, 4) is 10.7 Å². The maximum absolute atomic E-state index is 13.6. The van der Waals surface area contributed by atoms with Crippen molar-refractivity contribution in [1.82, 2.24) is 28.8 Å². The Balaban J connectivity index is 1.52. The number of nitrogens with one attached hydrogen (secondary N) is 1. The highest BCUT2D eigenvalue weighted by Gasteiger charge is 2.42. The third-order valence-electron chi connectivity index (χ3n) is 5.47. The summed E-state index contributed by atoms with van der Waals surface area (Å²) in [5.74, 6) is -0.234. The molecule has 1 fully saturated rings. The Hall–Kier alpha value is -2.83. The number of aliphatic hydroxyl groups is 1. The molecule has 37 heavy (non-hydrogen) atoms. The molecule has 0 aliphatic carbocycles. The van der Waals surface area contributed by atoms with Crippen LogP contribution in [0.4, 0.5) is 32.3 Å². The van der Waals surface area contributed by atoms with Crippen LogP contribution in [0.25, 0.3) is 10.7 Å². The fraction of sp³-hybridized carbons (Fsp3) is 0.474. The van der Waals surface area contributed by atoms with Crippen molar-refractivity contribution in [3.63, 3.8) is 0 Å². The van der Waals surface area contributed by atoms with Crippen LogP contribution in [0.5, 0.6) is 0 Å². The molecule has 4 heterocycles. The van der Waals surface area contributed by atoms with Gasteiger partial charge in [-0.25, -0.2) is 28.4 Å². The lowest BCUT2D eigenvalue weighted by Crippen LogP contribution is -2.42. The van der Waals surface area contributed by atoms with Crippen LogP contribution in [0, 0.1) is 0 Å². The Morgan fingerprint density at radius 2 is 1.78 bits per heavy atom. The Kier molecular flexibility index (Phi) is 7.21. The Labute approximate surface area is 210 Å². The van der Waals surface area contributed by atoms with Crippen molar-refractivity contribution in [2.24, 2.45) is 7.05 Å². The zero-order valence-electron chi connectivity index (χ0n) is 18.8. The number of thiazole rings is 1. The van der Waals surface area contributed by atoms with Crippen molar-refractivity contribution in [3.05, 3.63) is 35.4 Å². The van der Waals surface area contributed by atoms with E-state index >= 15 is 0 Å². The first-order valence-electron chi connectivity index (χ1n) is 10.6. The van der Waals surface area contributed by atoms with E-state index in [1.54, 1.807) is 7.05 Å². The average molecular weight is 572 g/mol. The number of hydrogen-bond donors (Lipinski definition) is 2. The van der Waals surface area contributed by atoms with Crippen molar-refractivity contribution in [2.45, 2.75) is 42.4 Å². The third kappa shape index (κ3) is 5.86. The standard InChI is InChI=1S/C19H19F6N7O3S2/c1-31-8-13(28-9-31)37(34,35)32-4-2-10(3-5-32)29-17-27-6-11(18(20,21)22)14(30-17)16-26-7-12(36-16)15(33)19(23,24)25/h6-10,15,33H,2-5H2,1H3,(H,27,29,30). The minimum absolute atomic E-state index is 0.101. The molecule has 3 aromatic rings. The van der Waals surface area contributed by atoms with Gasteiger partial charge in [-0.05, 0) is 12.8 Å². The van der Waals surface area contributed by atoms with Crippen LogP contribution in [0.3, 0.4) is 0 Å². The molecule has 3 aromatic heterocycles. The number of aliphatic hydroxyl groups excluding tert-OH is 1. The van der Waals surface area contributed by atoms with Gasteiger partial charge in [-0.3, -0.25) is 0 Å². The minimum atomic E-state index is -5.02. The molecule has 1 aliphatic rings. The number of piperidine rings is 1. The molecule has 1 atom stereocenters. The first-order valence-corrected chi connectivity index (χ1v) is 12.8. The summed E-state index contributed by atoms with van der Waals surface area (Å²) >= 11 is 0.228. The molecule has 1 unspecified atom stereocenters. The lowest BCUT2D eigenvalue weighted by molar-refractivity contribution is -0.205. The summed E-state index contributed by atoms with van der Waals surface area (Å²) in [6.07, 6.45) is -8.42. The number of sulfonamides is 1. The lowest BCUT2D eigenvalue weighted by atomic mass is 10.1. The molecule has 4 rings (SSSR count). The number of rotatable bonds is 6. The van der Waals surface area contributed by atoms with Crippen LogP contribution in [0.2, 0.25) is 0 Å². The van der Waals surface area contributed by atoms with Crippen molar-refractivity contribution < 1.29 is 39.9 Å². The Bertz CT molecular complexity index is 1360. The van der Waals surface area contributed by atoms with Crippen LogP contribution in [0.1, 0.15) is 29.4 Å². The van der Waals surface area contributed by atoms with Crippen LogP contribution in [0.15, 0.2) is 29.9 Å². The second-order valence-corrected chi connectivity index (χ2v) is 11.1. The van der Waals surface area contributed by atoms with Crippen LogP contribution in [-0.4, -0.2) is 67.6 Å². The van der Waals surface area contributed by atoms with Crippen LogP contribution in [-0.2, 0) is 23.2 Å². The Morgan fingerprint density at radius 3 is 2.35 bits per heavy atom. The summed E-state index contributed by atoms with van der Waals surface area (Å²) in [6, 6.07) is -0.390. The van der Waals surface area contributed by atoms with E-state index in [0.29, 0.717) is 12.4 Å². The monoisotopic (exact) mass is 571 g/mol. The van der Waals surface area contributed by atoms with Crippen molar-refractivity contribution in [1.29, 1.82) is 0 Å². The zero-order chi connectivity index (χ0) is 27.2. The maximum atomic E-state index is 13.6. The van der Waals surface area contributed by atoms with Crippen LogP contribution >= 0.6 is 11.3 Å². The number of nitrogens with zero attached hydrogens (tertiary/aromatic N) is 6. The van der Waals surface area contributed by atoms with E-state index in [-0.39, 0.29) is 48.2 Å². The number of aryl methyl sites for hydroxylation is 1. The smallest absolute Gasteiger partial charge is 0.379 e. The van der Waals surface area contributed by atoms with Crippen molar-refractivity contribution >= 4 is 27.3 Å². The van der Waals surface area contributed by atoms with E-state index in [1.807, 2.05) is 0 Å². The molecule has 18 heteroatoms. The molecule has 202 valence electrons. The summed E-state index contributed by atoms with van der Waals surface area (Å²) in [5, 5.41) is 11.7. The summed E-state index contributed by atoms with van der Waals surface area (Å²) in [5.41, 5.74) is -2.05. The summed E-state index contributed by atoms with van der Waals surface area (Å²) < 4.78 is 107. The number of imidazole rings is 1. The van der Waals surface area contributed by atoms with Gasteiger partial charge in [0, 0.05) is 44.8 Å². The van der Waals surface area contributed by atoms with Gasteiger partial charge in [-0.15, -0.1) is 11.3 Å². The zero-order valence-corrected chi connectivity index (χ0v) is 20.5. The number of alkyl halides is 6. The molecule has 1 saturated heterocycles. The van der Waals surface area contributed by atoms with E-state index in [4.69, 9.17) is 0 Å². The van der Waals surface area contributed by atoms with Crippen molar-refractivity contribution in [2.75, 3.05) is 18.4 Å². The summed E-state index contributed by atoms with van der Waals surface area (Å²) in [7, 11) is -2.18. The molecular weight excluding hydrogens is 552 g/mol. The molecule has 2 N–H and O–H groups in total. The topological polar surface area (TPSA) is 126 Å². The fourth-order valence-electron chi connectivity index (χ4n) is 3.58. The Morgan fingerprint density at radius 1 is 1.11 bits per heavy atom. The fourth-order valence-corrected chi connectivity index (χ4v) is 5.95. The highest BCUT2D eigenvalue weighted by Crippen LogP contribution is 2.41. The molecule has 0 amide bonds. The number of halogens is 6. The van der Waals surface area contributed by atoms with E-state index in [1.165, 1.54) is 21.4 Å². The van der Waals surface area contributed by atoms with Gasteiger partial charge >= 0.3 is 12.4 Å². The molecule has 1 aliphatic heterocycles. The molecule has 0 spiro atoms. The first-order chi connectivity index (χ1) is 17.2. The molecule has 0 radical (unpaired) electrons. The van der Waals surface area contributed by atoms with E-state index in [0.717, 1.165) is 0 Å². The van der Waals surface area contributed by atoms with E-state index in [2.05, 4.69) is 25.3 Å². The highest BCUT2D eigenvalue weighted by atomic mass is 32.2. The van der Waals surface area contributed by atoms with E-state index in [9.17, 15) is 39.9 Å². The van der Waals surface area contributed by atoms with E-state index < -0.39 is 55.7 Å². The van der Waals surface area contributed by atoms with Gasteiger partial charge in [0.15, 0.2) is 11.1 Å². The van der Waals surface area contributed by atoms with Gasteiger partial charge in [-0.2, -0.15) is 30.6 Å². The lowest BCUT2D eigenvalue weighted by Gasteiger charge is -2.31. The molecule has 10 nitrogen and oxygen atoms in total. The number of hydrogen-bond acceptors (Lipinski definition) is 9. The summed E-state index contributed by atoms with van der Waals surface area (Å²) in [6.45, 7) is 0.213. The average Bonchev–Trinajstić information content (AvgIpc) is 3.47. The second kappa shape index (κ2) is 9.80. The molecule has 0 bridgehead atoms. The second-order valence-electron chi connectivity index (χ2n) is 8.17. The highest BCUT2D eigenvalue weighted by molar-refractivity contribution is 7.89. The largest absolute Gasteiger partial charge is 0.420 e. The quantitative estimate of drug-likeness (QED) is 0.432. The predicted octanol–water partition coefficient (Wildman–Crippen LogP) is 3.21. The third-order valence-corrected chi connectivity index (χ3v) is 8.31. The van der Waals surface area contributed by atoms with Gasteiger partial charge in [0.05, 0.1) is 11.2 Å². The maximum Gasteiger partial charge on any atom is 0.420 e. The van der Waals surface area contributed by atoms with Gasteiger partial charge < -0.3 is 15.0 Å². The number of aromatic nitrogens is 5. The molecule has 0 aromatic carbocycles. The first kappa shape index (κ1) is 27.2. The van der Waals surface area contributed by atoms with Gasteiger partial charge in [0.2, 0.25) is 5.95 Å². The normalized spacial score (nSPS) is 17.2. The molecular formula is C19H19F6N7O3S2.